The molecule has 1 aromatic carbocycles. The topological polar surface area (TPSA) is 75.7 Å². The second-order valence-corrected chi connectivity index (χ2v) is 8.36. The van der Waals surface area contributed by atoms with E-state index in [1.165, 1.54) is 13.2 Å². The highest BCUT2D eigenvalue weighted by Gasteiger charge is 2.30. The molecule has 0 fully saturated rings. The Morgan fingerprint density at radius 3 is 2.25 bits per heavy atom. The first kappa shape index (κ1) is 20.6. The lowest BCUT2D eigenvalue weighted by molar-refractivity contribution is -0.122. The van der Waals surface area contributed by atoms with Crippen LogP contribution in [0.5, 0.6) is 5.75 Å². The van der Waals surface area contributed by atoms with E-state index in [1.807, 2.05) is 20.8 Å². The van der Waals surface area contributed by atoms with E-state index in [0.717, 1.165) is 10.6 Å². The van der Waals surface area contributed by atoms with Crippen LogP contribution in [-0.4, -0.2) is 39.8 Å². The van der Waals surface area contributed by atoms with Crippen molar-refractivity contribution in [1.82, 2.24) is 5.32 Å². The number of hydrogen-bond acceptors (Lipinski definition) is 4. The molecule has 6 nitrogen and oxygen atoms in total. The summed E-state index contributed by atoms with van der Waals surface area (Å²) in [7, 11) is -2.21. The number of nitrogens with one attached hydrogen (secondary N) is 1. The second kappa shape index (κ2) is 8.07. The number of benzene rings is 1. The summed E-state index contributed by atoms with van der Waals surface area (Å²) in [5.74, 6) is 0.302. The highest BCUT2D eigenvalue weighted by Crippen LogP contribution is 2.31. The molecule has 0 aromatic heterocycles. The monoisotopic (exact) mass is 376 g/mol. The summed E-state index contributed by atoms with van der Waals surface area (Å²) in [5.41, 5.74) is 0.308. The van der Waals surface area contributed by atoms with Gasteiger partial charge in [0, 0.05) is 6.04 Å². The zero-order valence-corrected chi connectivity index (χ0v) is 16.4. The van der Waals surface area contributed by atoms with Gasteiger partial charge in [0.15, 0.2) is 0 Å². The SMILES string of the molecule is COc1ccc(N(C(C)C(=O)NC(C)C(C)C)S(C)(=O)=O)cc1Cl. The van der Waals surface area contributed by atoms with Crippen LogP contribution in [0.4, 0.5) is 5.69 Å². The molecule has 0 aliphatic carbocycles. The number of nitrogens with zero attached hydrogens (tertiary/aromatic N) is 1. The number of sulfonamides is 1. The van der Waals surface area contributed by atoms with E-state index in [0.29, 0.717) is 11.4 Å². The molecule has 24 heavy (non-hydrogen) atoms. The molecule has 0 spiro atoms. The minimum Gasteiger partial charge on any atom is -0.495 e. The summed E-state index contributed by atoms with van der Waals surface area (Å²) in [6.07, 6.45) is 1.06. The maximum absolute atomic E-state index is 12.5. The molecular formula is C16H25ClN2O4S. The number of methoxy groups -OCH3 is 1. The van der Waals surface area contributed by atoms with Gasteiger partial charge in [0.2, 0.25) is 15.9 Å². The molecule has 1 N–H and O–H groups in total. The zero-order valence-electron chi connectivity index (χ0n) is 14.8. The zero-order chi connectivity index (χ0) is 18.7. The van der Waals surface area contributed by atoms with Gasteiger partial charge >= 0.3 is 0 Å². The molecule has 0 aliphatic heterocycles. The average molecular weight is 377 g/mol. The van der Waals surface area contributed by atoms with Crippen LogP contribution < -0.4 is 14.4 Å². The van der Waals surface area contributed by atoms with Crippen molar-refractivity contribution in [3.05, 3.63) is 23.2 Å². The molecule has 136 valence electrons. The standard InChI is InChI=1S/C16H25ClN2O4S/c1-10(2)11(3)18-16(20)12(4)19(24(6,21)22)13-7-8-15(23-5)14(17)9-13/h7-12H,1-6H3,(H,18,20). The normalized spacial score (nSPS) is 14.2. The Morgan fingerprint density at radius 2 is 1.83 bits per heavy atom. The molecule has 0 saturated carbocycles. The molecule has 1 aromatic rings. The summed E-state index contributed by atoms with van der Waals surface area (Å²) < 4.78 is 30.6. The summed E-state index contributed by atoms with van der Waals surface area (Å²) in [4.78, 5) is 12.5. The quantitative estimate of drug-likeness (QED) is 0.793. The van der Waals surface area contributed by atoms with Crippen LogP contribution in [0.25, 0.3) is 0 Å². The van der Waals surface area contributed by atoms with E-state index >= 15 is 0 Å². The van der Waals surface area contributed by atoms with Crippen LogP contribution in [0.15, 0.2) is 18.2 Å². The fraction of sp³-hybridized carbons (Fsp3) is 0.562. The maximum atomic E-state index is 12.5. The number of carbonyl (C=O) groups is 1. The van der Waals surface area contributed by atoms with Crippen molar-refractivity contribution in [3.8, 4) is 5.75 Å². The first-order valence-corrected chi connectivity index (χ1v) is 9.85. The number of amides is 1. The lowest BCUT2D eigenvalue weighted by Crippen LogP contribution is -2.50. The van der Waals surface area contributed by atoms with E-state index in [2.05, 4.69) is 5.32 Å². The van der Waals surface area contributed by atoms with Crippen LogP contribution >= 0.6 is 11.6 Å². The van der Waals surface area contributed by atoms with Gasteiger partial charge < -0.3 is 10.1 Å². The number of rotatable bonds is 7. The molecule has 2 atom stereocenters. The second-order valence-electron chi connectivity index (χ2n) is 6.09. The van der Waals surface area contributed by atoms with E-state index in [1.54, 1.807) is 19.1 Å². The van der Waals surface area contributed by atoms with Gasteiger partial charge in [-0.25, -0.2) is 8.42 Å². The third kappa shape index (κ3) is 5.01. The van der Waals surface area contributed by atoms with Gasteiger partial charge in [-0.2, -0.15) is 0 Å². The van der Waals surface area contributed by atoms with Crippen LogP contribution in [-0.2, 0) is 14.8 Å². The predicted molar refractivity (Wildman–Crippen MR) is 97.2 cm³/mol. The fourth-order valence-corrected chi connectivity index (χ4v) is 3.53. The van der Waals surface area contributed by atoms with Gasteiger partial charge in [0.05, 0.1) is 24.1 Å². The Labute approximate surface area is 149 Å². The van der Waals surface area contributed by atoms with Crippen molar-refractivity contribution in [3.63, 3.8) is 0 Å². The number of hydrogen-bond donors (Lipinski definition) is 1. The molecule has 8 heteroatoms. The van der Waals surface area contributed by atoms with E-state index < -0.39 is 16.1 Å². The first-order valence-electron chi connectivity index (χ1n) is 7.62. The Kier molecular flexibility index (Phi) is 6.92. The van der Waals surface area contributed by atoms with Crippen LogP contribution in [0.2, 0.25) is 5.02 Å². The molecule has 1 amide bonds. The Bertz CT molecular complexity index is 691. The van der Waals surface area contributed by atoms with E-state index in [-0.39, 0.29) is 22.9 Å². The minimum atomic E-state index is -3.68. The van der Waals surface area contributed by atoms with Crippen molar-refractivity contribution in [2.45, 2.75) is 39.8 Å². The maximum Gasteiger partial charge on any atom is 0.243 e. The molecule has 0 aliphatic rings. The summed E-state index contributed by atoms with van der Waals surface area (Å²) in [6, 6.07) is 3.61. The smallest absolute Gasteiger partial charge is 0.243 e. The van der Waals surface area contributed by atoms with Crippen LogP contribution in [0, 0.1) is 5.92 Å². The van der Waals surface area contributed by atoms with Crippen LogP contribution in [0.1, 0.15) is 27.7 Å². The van der Waals surface area contributed by atoms with Crippen molar-refractivity contribution < 1.29 is 17.9 Å². The van der Waals surface area contributed by atoms with Crippen molar-refractivity contribution in [2.75, 3.05) is 17.7 Å². The summed E-state index contributed by atoms with van der Waals surface area (Å²) >= 11 is 6.09. The number of carbonyl (C=O) groups excluding carboxylic acids is 1. The average Bonchev–Trinajstić information content (AvgIpc) is 2.45. The molecule has 0 radical (unpaired) electrons. The number of halogens is 1. The third-order valence-corrected chi connectivity index (χ3v) is 5.39. The Morgan fingerprint density at radius 1 is 1.25 bits per heavy atom. The fourth-order valence-electron chi connectivity index (χ4n) is 2.11. The number of ether oxygens (including phenoxy) is 1. The first-order chi connectivity index (χ1) is 11.0. The van der Waals surface area contributed by atoms with Gasteiger partial charge in [0.1, 0.15) is 11.8 Å². The predicted octanol–water partition coefficient (Wildman–Crippen LogP) is 2.66. The molecule has 1 rings (SSSR count). The molecule has 0 saturated heterocycles. The largest absolute Gasteiger partial charge is 0.495 e. The highest BCUT2D eigenvalue weighted by atomic mass is 35.5. The van der Waals surface area contributed by atoms with Crippen LogP contribution in [0.3, 0.4) is 0 Å². The van der Waals surface area contributed by atoms with Gasteiger partial charge in [0.25, 0.3) is 0 Å². The van der Waals surface area contributed by atoms with Gasteiger partial charge in [-0.05, 0) is 38.0 Å². The highest BCUT2D eigenvalue weighted by molar-refractivity contribution is 7.92. The van der Waals surface area contributed by atoms with Crippen molar-refractivity contribution >= 4 is 33.2 Å². The summed E-state index contributed by atoms with van der Waals surface area (Å²) in [6.45, 7) is 7.38. The van der Waals surface area contributed by atoms with E-state index in [9.17, 15) is 13.2 Å². The Hall–Kier alpha value is -1.47. The van der Waals surface area contributed by atoms with Crippen molar-refractivity contribution in [2.24, 2.45) is 5.92 Å². The van der Waals surface area contributed by atoms with Gasteiger partial charge in [-0.3, -0.25) is 9.10 Å². The summed E-state index contributed by atoms with van der Waals surface area (Å²) in [5, 5.41) is 3.11. The lowest BCUT2D eigenvalue weighted by Gasteiger charge is -2.30. The molecule has 2 unspecified atom stereocenters. The molecular weight excluding hydrogens is 352 g/mol. The minimum absolute atomic E-state index is 0.0687. The lowest BCUT2D eigenvalue weighted by atomic mass is 10.1. The van der Waals surface area contributed by atoms with Gasteiger partial charge in [-0.15, -0.1) is 0 Å². The van der Waals surface area contributed by atoms with E-state index in [4.69, 9.17) is 16.3 Å². The third-order valence-electron chi connectivity index (χ3n) is 3.85. The van der Waals surface area contributed by atoms with Gasteiger partial charge in [-0.1, -0.05) is 25.4 Å². The van der Waals surface area contributed by atoms with Crippen molar-refractivity contribution in [1.29, 1.82) is 0 Å². The molecule has 0 bridgehead atoms. The Balaban J connectivity index is 3.19. The number of anilines is 1. The molecule has 0 heterocycles.